The van der Waals surface area contributed by atoms with E-state index in [0.29, 0.717) is 28.1 Å². The van der Waals surface area contributed by atoms with Gasteiger partial charge in [0, 0.05) is 24.0 Å². The van der Waals surface area contributed by atoms with Crippen molar-refractivity contribution in [1.82, 2.24) is 9.88 Å². The van der Waals surface area contributed by atoms with Gasteiger partial charge in [-0.3, -0.25) is 14.6 Å². The van der Waals surface area contributed by atoms with Gasteiger partial charge in [0.25, 0.3) is 5.91 Å². The van der Waals surface area contributed by atoms with Gasteiger partial charge < -0.3 is 9.32 Å². The van der Waals surface area contributed by atoms with Crippen molar-refractivity contribution in [2.24, 2.45) is 0 Å². The first-order valence-corrected chi connectivity index (χ1v) is 9.52. The number of hydrogen-bond donors (Lipinski definition) is 0. The van der Waals surface area contributed by atoms with E-state index in [1.807, 2.05) is 24.3 Å². The zero-order valence-electron chi connectivity index (χ0n) is 15.2. The number of hydrogen-bond acceptors (Lipinski definition) is 4. The lowest BCUT2D eigenvalue weighted by Crippen LogP contribution is -2.29. The highest BCUT2D eigenvalue weighted by atomic mass is 35.5. The van der Waals surface area contributed by atoms with Crippen molar-refractivity contribution >= 4 is 28.5 Å². The molecule has 2 aromatic heterocycles. The van der Waals surface area contributed by atoms with Crippen LogP contribution in [0.5, 0.6) is 0 Å². The third-order valence-corrected chi connectivity index (χ3v) is 5.41. The van der Waals surface area contributed by atoms with Gasteiger partial charge in [0.15, 0.2) is 5.43 Å². The van der Waals surface area contributed by atoms with E-state index < -0.39 is 6.04 Å². The van der Waals surface area contributed by atoms with Crippen LogP contribution < -0.4 is 5.43 Å². The number of carbonyl (C=O) groups excluding carboxylic acids is 1. The summed E-state index contributed by atoms with van der Waals surface area (Å²) in [5, 5.41) is 1.05. The Balaban J connectivity index is 1.73. The van der Waals surface area contributed by atoms with Gasteiger partial charge in [-0.05, 0) is 47.5 Å². The quantitative estimate of drug-likeness (QED) is 0.503. The molecule has 0 radical (unpaired) electrons. The van der Waals surface area contributed by atoms with Crippen LogP contribution in [0.4, 0.5) is 0 Å². The highest BCUT2D eigenvalue weighted by Crippen LogP contribution is 2.39. The van der Waals surface area contributed by atoms with Crippen molar-refractivity contribution in [1.29, 1.82) is 0 Å². The van der Waals surface area contributed by atoms with Crippen molar-refractivity contribution in [2.45, 2.75) is 12.6 Å². The fraction of sp³-hybridized carbons (Fsp3) is 0.0870. The molecular formula is C23H15ClN2O3. The van der Waals surface area contributed by atoms with Crippen LogP contribution in [0.3, 0.4) is 0 Å². The Kier molecular flexibility index (Phi) is 4.18. The lowest BCUT2D eigenvalue weighted by molar-refractivity contribution is 0.0714. The number of fused-ring (bicyclic) bond motifs is 2. The van der Waals surface area contributed by atoms with Crippen LogP contribution in [0.15, 0.2) is 82.3 Å². The molecule has 0 saturated heterocycles. The average molecular weight is 403 g/mol. The molecule has 3 heterocycles. The van der Waals surface area contributed by atoms with Crippen molar-refractivity contribution in [3.8, 4) is 0 Å². The maximum absolute atomic E-state index is 13.3. The SMILES string of the molecule is O=C1c2oc3ccccc3c(=O)c2[C@@H](c2ccc(Cl)cc2)N1Cc1ccncc1. The highest BCUT2D eigenvalue weighted by Gasteiger charge is 2.42. The van der Waals surface area contributed by atoms with Crippen LogP contribution in [0.2, 0.25) is 5.02 Å². The minimum absolute atomic E-state index is 0.0997. The molecule has 0 N–H and O–H groups in total. The molecular weight excluding hydrogens is 388 g/mol. The van der Waals surface area contributed by atoms with Crippen LogP contribution in [-0.4, -0.2) is 15.8 Å². The molecule has 0 spiro atoms. The predicted molar refractivity (Wildman–Crippen MR) is 110 cm³/mol. The fourth-order valence-electron chi connectivity index (χ4n) is 3.81. The number of rotatable bonds is 3. The Hall–Kier alpha value is -3.44. The van der Waals surface area contributed by atoms with Crippen LogP contribution in [0.1, 0.15) is 33.3 Å². The Morgan fingerprint density at radius 1 is 0.966 bits per heavy atom. The second-order valence-corrected chi connectivity index (χ2v) is 7.35. The summed E-state index contributed by atoms with van der Waals surface area (Å²) in [5.41, 5.74) is 2.30. The number of pyridine rings is 1. The second-order valence-electron chi connectivity index (χ2n) is 6.91. The summed E-state index contributed by atoms with van der Waals surface area (Å²) >= 11 is 6.06. The normalized spacial score (nSPS) is 15.7. The molecule has 0 saturated carbocycles. The molecule has 6 heteroatoms. The molecule has 1 aliphatic rings. The molecule has 5 nitrogen and oxygen atoms in total. The summed E-state index contributed by atoms with van der Waals surface area (Å²) in [6.07, 6.45) is 3.36. The largest absolute Gasteiger partial charge is 0.450 e. The summed E-state index contributed by atoms with van der Waals surface area (Å²) in [6, 6.07) is 17.3. The zero-order chi connectivity index (χ0) is 20.0. The molecule has 1 amide bonds. The first-order valence-electron chi connectivity index (χ1n) is 9.14. The van der Waals surface area contributed by atoms with Gasteiger partial charge in [-0.2, -0.15) is 0 Å². The van der Waals surface area contributed by atoms with Gasteiger partial charge in [0.2, 0.25) is 5.76 Å². The number of aromatic nitrogens is 1. The predicted octanol–water partition coefficient (Wildman–Crippen LogP) is 4.59. The summed E-state index contributed by atoms with van der Waals surface area (Å²) in [6.45, 7) is 0.328. The lowest BCUT2D eigenvalue weighted by atomic mass is 9.98. The van der Waals surface area contributed by atoms with E-state index in [0.717, 1.165) is 11.1 Å². The maximum atomic E-state index is 13.3. The molecule has 0 fully saturated rings. The number of carbonyl (C=O) groups is 1. The smallest absolute Gasteiger partial charge is 0.291 e. The van der Waals surface area contributed by atoms with Crippen molar-refractivity contribution in [2.75, 3.05) is 0 Å². The molecule has 29 heavy (non-hydrogen) atoms. The molecule has 4 aromatic rings. The Morgan fingerprint density at radius 3 is 2.45 bits per heavy atom. The maximum Gasteiger partial charge on any atom is 0.291 e. The molecule has 2 aromatic carbocycles. The van der Waals surface area contributed by atoms with E-state index in [4.69, 9.17) is 16.0 Å². The zero-order valence-corrected chi connectivity index (χ0v) is 16.0. The number of nitrogens with zero attached hydrogens (tertiary/aromatic N) is 2. The van der Waals surface area contributed by atoms with E-state index in [1.165, 1.54) is 0 Å². The van der Waals surface area contributed by atoms with E-state index in [-0.39, 0.29) is 17.1 Å². The number of amides is 1. The van der Waals surface area contributed by atoms with Crippen LogP contribution in [-0.2, 0) is 6.54 Å². The third-order valence-electron chi connectivity index (χ3n) is 5.16. The summed E-state index contributed by atoms with van der Waals surface area (Å²) in [4.78, 5) is 32.3. The Morgan fingerprint density at radius 2 is 1.69 bits per heavy atom. The van der Waals surface area contributed by atoms with Gasteiger partial charge in [-0.1, -0.05) is 35.9 Å². The topological polar surface area (TPSA) is 63.4 Å². The van der Waals surface area contributed by atoms with Gasteiger partial charge >= 0.3 is 0 Å². The monoisotopic (exact) mass is 402 g/mol. The van der Waals surface area contributed by atoms with Crippen LogP contribution >= 0.6 is 11.6 Å². The van der Waals surface area contributed by atoms with E-state index in [9.17, 15) is 9.59 Å². The minimum atomic E-state index is -0.552. The fourth-order valence-corrected chi connectivity index (χ4v) is 3.93. The standard InChI is InChI=1S/C23H15ClN2O3/c24-16-7-5-15(6-8-16)20-19-21(27)17-3-1-2-4-18(17)29-22(19)23(28)26(20)13-14-9-11-25-12-10-14/h1-12,20H,13H2/t20-/m1/s1. The average Bonchev–Trinajstić information content (AvgIpc) is 3.02. The summed E-state index contributed by atoms with van der Waals surface area (Å²) < 4.78 is 5.91. The van der Waals surface area contributed by atoms with Gasteiger partial charge in [-0.25, -0.2) is 0 Å². The van der Waals surface area contributed by atoms with E-state index in [2.05, 4.69) is 4.98 Å². The van der Waals surface area contributed by atoms with Gasteiger partial charge in [0.1, 0.15) is 5.58 Å². The second kappa shape index (κ2) is 6.87. The lowest BCUT2D eigenvalue weighted by Gasteiger charge is -2.25. The molecule has 1 aliphatic heterocycles. The Labute approximate surface area is 171 Å². The first-order chi connectivity index (χ1) is 14.1. The number of halogens is 1. The van der Waals surface area contributed by atoms with Crippen LogP contribution in [0, 0.1) is 0 Å². The van der Waals surface area contributed by atoms with Crippen molar-refractivity contribution in [3.05, 3.63) is 111 Å². The highest BCUT2D eigenvalue weighted by molar-refractivity contribution is 6.30. The molecule has 0 bridgehead atoms. The molecule has 5 rings (SSSR count). The molecule has 0 aliphatic carbocycles. The van der Waals surface area contributed by atoms with Gasteiger partial charge in [0.05, 0.1) is 17.0 Å². The minimum Gasteiger partial charge on any atom is -0.450 e. The summed E-state index contributed by atoms with van der Waals surface area (Å²) in [5.74, 6) is -0.206. The van der Waals surface area contributed by atoms with E-state index in [1.54, 1.807) is 53.7 Å². The first kappa shape index (κ1) is 17.6. The van der Waals surface area contributed by atoms with Crippen LogP contribution in [0.25, 0.3) is 11.0 Å². The molecule has 142 valence electrons. The number of para-hydroxylation sites is 1. The van der Waals surface area contributed by atoms with Crippen molar-refractivity contribution < 1.29 is 9.21 Å². The summed E-state index contributed by atoms with van der Waals surface area (Å²) in [7, 11) is 0. The Bertz CT molecular complexity index is 1280. The van der Waals surface area contributed by atoms with E-state index >= 15 is 0 Å². The molecule has 1 atom stereocenters. The third kappa shape index (κ3) is 2.91. The van der Waals surface area contributed by atoms with Crippen molar-refractivity contribution in [3.63, 3.8) is 0 Å². The number of benzene rings is 2. The van der Waals surface area contributed by atoms with Gasteiger partial charge in [-0.15, -0.1) is 0 Å². The molecule has 0 unspecified atom stereocenters.